The molecule has 1 amide bonds. The van der Waals surface area contributed by atoms with Gasteiger partial charge >= 0.3 is 0 Å². The second kappa shape index (κ2) is 11.2. The van der Waals surface area contributed by atoms with Gasteiger partial charge in [0, 0.05) is 38.0 Å². The number of methoxy groups -OCH3 is 2. The maximum Gasteiger partial charge on any atom is 0.269 e. The number of benzene rings is 1. The van der Waals surface area contributed by atoms with Crippen LogP contribution in [0.1, 0.15) is 16.3 Å². The number of nitrogens with zero attached hydrogens (tertiary/aromatic N) is 5. The molecule has 0 fully saturated rings. The van der Waals surface area contributed by atoms with E-state index in [-0.39, 0.29) is 5.91 Å². The van der Waals surface area contributed by atoms with Gasteiger partial charge in [0.25, 0.3) is 5.91 Å². The molecule has 3 N–H and O–H groups in total. The number of amides is 1. The zero-order valence-corrected chi connectivity index (χ0v) is 20.6. The lowest BCUT2D eigenvalue weighted by Crippen LogP contribution is -2.30. The highest BCUT2D eigenvalue weighted by Crippen LogP contribution is 2.32. The molecule has 0 aliphatic heterocycles. The molecule has 186 valence electrons. The SMILES string of the molecule is COc1ccc(OC)c(-c2cc(C(=O)NCCNc3cc(Nc4ccccn4)nc(C)n3)n(C)n2)c1. The minimum absolute atomic E-state index is 0.240. The third-order valence-electron chi connectivity index (χ3n) is 5.27. The van der Waals surface area contributed by atoms with Crippen LogP contribution < -0.4 is 25.4 Å². The standard InChI is InChI=1S/C25H28N8O3/c1-16-29-23(15-24(30-16)31-22-7-5-6-10-26-22)27-11-12-28-25(34)20-14-19(32-33(20)2)18-13-17(35-3)8-9-21(18)36-4/h5-10,13-15H,11-12H2,1-4H3,(H,28,34)(H2,26,27,29,30,31). The van der Waals surface area contributed by atoms with Crippen LogP contribution in [0.3, 0.4) is 0 Å². The number of anilines is 3. The number of ether oxygens (including phenoxy) is 2. The third-order valence-corrected chi connectivity index (χ3v) is 5.27. The van der Waals surface area contributed by atoms with E-state index in [1.807, 2.05) is 37.3 Å². The van der Waals surface area contributed by atoms with Gasteiger partial charge in [0.1, 0.15) is 40.5 Å². The van der Waals surface area contributed by atoms with Crippen LogP contribution in [0.15, 0.2) is 54.7 Å². The summed E-state index contributed by atoms with van der Waals surface area (Å²) in [6.45, 7) is 2.67. The average Bonchev–Trinajstić information content (AvgIpc) is 3.28. The van der Waals surface area contributed by atoms with Crippen molar-refractivity contribution in [1.82, 2.24) is 30.0 Å². The molecule has 4 aromatic rings. The lowest BCUT2D eigenvalue weighted by molar-refractivity contribution is 0.0945. The molecule has 0 unspecified atom stereocenters. The van der Waals surface area contributed by atoms with Crippen molar-refractivity contribution in [3.8, 4) is 22.8 Å². The van der Waals surface area contributed by atoms with Gasteiger partial charge in [-0.2, -0.15) is 5.10 Å². The Morgan fingerprint density at radius 2 is 1.81 bits per heavy atom. The fraction of sp³-hybridized carbons (Fsp3) is 0.240. The molecule has 0 saturated carbocycles. The summed E-state index contributed by atoms with van der Waals surface area (Å²) in [5.41, 5.74) is 1.78. The van der Waals surface area contributed by atoms with E-state index < -0.39 is 0 Å². The lowest BCUT2D eigenvalue weighted by Gasteiger charge is -2.10. The normalized spacial score (nSPS) is 10.6. The molecular formula is C25H28N8O3. The molecule has 4 rings (SSSR count). The highest BCUT2D eigenvalue weighted by atomic mass is 16.5. The van der Waals surface area contributed by atoms with E-state index in [4.69, 9.17) is 9.47 Å². The molecule has 11 heteroatoms. The van der Waals surface area contributed by atoms with Crippen LogP contribution in [0.5, 0.6) is 11.5 Å². The Bertz CT molecular complexity index is 1340. The Balaban J connectivity index is 1.36. The second-order valence-electron chi connectivity index (χ2n) is 7.81. The van der Waals surface area contributed by atoms with E-state index in [0.717, 1.165) is 5.56 Å². The Morgan fingerprint density at radius 1 is 0.972 bits per heavy atom. The van der Waals surface area contributed by atoms with Crippen molar-refractivity contribution in [1.29, 1.82) is 0 Å². The van der Waals surface area contributed by atoms with Gasteiger partial charge in [-0.3, -0.25) is 9.48 Å². The van der Waals surface area contributed by atoms with Gasteiger partial charge in [-0.15, -0.1) is 0 Å². The molecular weight excluding hydrogens is 460 g/mol. The van der Waals surface area contributed by atoms with Crippen molar-refractivity contribution in [2.24, 2.45) is 7.05 Å². The smallest absolute Gasteiger partial charge is 0.269 e. The first-order chi connectivity index (χ1) is 17.5. The number of pyridine rings is 1. The van der Waals surface area contributed by atoms with Crippen LogP contribution in [0.25, 0.3) is 11.3 Å². The molecule has 11 nitrogen and oxygen atoms in total. The van der Waals surface area contributed by atoms with Crippen LogP contribution in [-0.2, 0) is 7.05 Å². The van der Waals surface area contributed by atoms with Gasteiger partial charge in [0.15, 0.2) is 0 Å². The summed E-state index contributed by atoms with van der Waals surface area (Å²) in [6.07, 6.45) is 1.70. The first-order valence-corrected chi connectivity index (χ1v) is 11.3. The largest absolute Gasteiger partial charge is 0.497 e. The summed E-state index contributed by atoms with van der Waals surface area (Å²) >= 11 is 0. The topological polar surface area (TPSA) is 128 Å². The molecule has 3 aromatic heterocycles. The Labute approximate surface area is 208 Å². The van der Waals surface area contributed by atoms with E-state index in [0.29, 0.717) is 59.3 Å². The molecule has 0 aliphatic carbocycles. The quantitative estimate of drug-likeness (QED) is 0.288. The lowest BCUT2D eigenvalue weighted by atomic mass is 10.1. The Kier molecular flexibility index (Phi) is 7.59. The monoisotopic (exact) mass is 488 g/mol. The fourth-order valence-corrected chi connectivity index (χ4v) is 3.57. The van der Waals surface area contributed by atoms with Crippen LogP contribution >= 0.6 is 0 Å². The van der Waals surface area contributed by atoms with E-state index >= 15 is 0 Å². The Morgan fingerprint density at radius 3 is 2.56 bits per heavy atom. The molecule has 36 heavy (non-hydrogen) atoms. The van der Waals surface area contributed by atoms with Gasteiger partial charge in [-0.1, -0.05) is 6.07 Å². The summed E-state index contributed by atoms with van der Waals surface area (Å²) in [5, 5.41) is 13.8. The van der Waals surface area contributed by atoms with E-state index in [1.54, 1.807) is 50.3 Å². The molecule has 3 heterocycles. The van der Waals surface area contributed by atoms with Crippen molar-refractivity contribution in [3.63, 3.8) is 0 Å². The van der Waals surface area contributed by atoms with E-state index in [2.05, 4.69) is 36.0 Å². The van der Waals surface area contributed by atoms with Crippen molar-refractivity contribution < 1.29 is 14.3 Å². The zero-order valence-electron chi connectivity index (χ0n) is 20.6. The minimum Gasteiger partial charge on any atom is -0.497 e. The van der Waals surface area contributed by atoms with Gasteiger partial charge in [-0.25, -0.2) is 15.0 Å². The Hall–Kier alpha value is -4.67. The molecule has 0 spiro atoms. The number of aromatic nitrogens is 5. The molecule has 0 radical (unpaired) electrons. The number of hydrogen-bond donors (Lipinski definition) is 3. The van der Waals surface area contributed by atoms with Gasteiger partial charge in [-0.05, 0) is 43.3 Å². The summed E-state index contributed by atoms with van der Waals surface area (Å²) < 4.78 is 12.3. The maximum atomic E-state index is 12.8. The summed E-state index contributed by atoms with van der Waals surface area (Å²) in [4.78, 5) is 25.8. The average molecular weight is 489 g/mol. The highest BCUT2D eigenvalue weighted by molar-refractivity contribution is 5.94. The fourth-order valence-electron chi connectivity index (χ4n) is 3.57. The minimum atomic E-state index is -0.240. The molecule has 0 saturated heterocycles. The number of carbonyl (C=O) groups is 1. The van der Waals surface area contributed by atoms with Crippen LogP contribution in [0.4, 0.5) is 17.5 Å². The van der Waals surface area contributed by atoms with Crippen LogP contribution in [-0.4, -0.2) is 57.9 Å². The first-order valence-electron chi connectivity index (χ1n) is 11.3. The van der Waals surface area contributed by atoms with Crippen molar-refractivity contribution in [2.75, 3.05) is 37.9 Å². The van der Waals surface area contributed by atoms with Crippen molar-refractivity contribution in [2.45, 2.75) is 6.92 Å². The predicted molar refractivity (Wildman–Crippen MR) is 137 cm³/mol. The summed E-state index contributed by atoms with van der Waals surface area (Å²) in [7, 11) is 4.91. The zero-order chi connectivity index (χ0) is 25.5. The summed E-state index contributed by atoms with van der Waals surface area (Å²) in [6, 6.07) is 14.6. The summed E-state index contributed by atoms with van der Waals surface area (Å²) in [5.74, 6) is 3.64. The van der Waals surface area contributed by atoms with Crippen molar-refractivity contribution in [3.05, 3.63) is 66.2 Å². The number of rotatable bonds is 10. The van der Waals surface area contributed by atoms with Crippen molar-refractivity contribution >= 4 is 23.4 Å². The van der Waals surface area contributed by atoms with Gasteiger partial charge in [0.2, 0.25) is 0 Å². The molecule has 0 atom stereocenters. The third kappa shape index (κ3) is 5.87. The molecule has 0 bridgehead atoms. The molecule has 1 aromatic carbocycles. The predicted octanol–water partition coefficient (Wildman–Crippen LogP) is 3.18. The van der Waals surface area contributed by atoms with E-state index in [1.165, 1.54) is 0 Å². The van der Waals surface area contributed by atoms with E-state index in [9.17, 15) is 4.79 Å². The van der Waals surface area contributed by atoms with Crippen LogP contribution in [0, 0.1) is 6.92 Å². The number of carbonyl (C=O) groups excluding carboxylic acids is 1. The number of hydrogen-bond acceptors (Lipinski definition) is 9. The van der Waals surface area contributed by atoms with Crippen LogP contribution in [0.2, 0.25) is 0 Å². The maximum absolute atomic E-state index is 12.8. The van der Waals surface area contributed by atoms with Gasteiger partial charge in [0.05, 0.1) is 19.9 Å². The number of aryl methyl sites for hydroxylation is 2. The highest BCUT2D eigenvalue weighted by Gasteiger charge is 2.17. The first kappa shape index (κ1) is 24.5. The number of nitrogens with one attached hydrogen (secondary N) is 3. The second-order valence-corrected chi connectivity index (χ2v) is 7.81. The van der Waals surface area contributed by atoms with Gasteiger partial charge < -0.3 is 25.4 Å². The molecule has 0 aliphatic rings.